The van der Waals surface area contributed by atoms with E-state index in [1.165, 1.54) is 116 Å². The van der Waals surface area contributed by atoms with Gasteiger partial charge in [0.15, 0.2) is 6.10 Å². The zero-order chi connectivity index (χ0) is 45.8. The topological polar surface area (TPSA) is 78.9 Å². The predicted molar refractivity (Wildman–Crippen MR) is 270 cm³/mol. The van der Waals surface area contributed by atoms with Crippen molar-refractivity contribution in [3.63, 3.8) is 0 Å². The average molecular weight is 877 g/mol. The summed E-state index contributed by atoms with van der Waals surface area (Å²) in [5, 5.41) is 0. The van der Waals surface area contributed by atoms with Crippen LogP contribution in [0.25, 0.3) is 0 Å². The zero-order valence-corrected chi connectivity index (χ0v) is 41.1. The second kappa shape index (κ2) is 51.2. The van der Waals surface area contributed by atoms with Crippen molar-refractivity contribution in [2.45, 2.75) is 245 Å². The van der Waals surface area contributed by atoms with E-state index in [0.717, 1.165) is 70.6 Å². The number of rotatable bonds is 46. The number of allylic oxidation sites excluding steroid dienone is 14. The molecule has 63 heavy (non-hydrogen) atoms. The van der Waals surface area contributed by atoms with E-state index in [-0.39, 0.29) is 44.0 Å². The highest BCUT2D eigenvalue weighted by atomic mass is 16.6. The van der Waals surface area contributed by atoms with Gasteiger partial charge in [0.05, 0.1) is 0 Å². The number of carbonyl (C=O) groups is 3. The third-order valence-corrected chi connectivity index (χ3v) is 10.9. The Hall–Kier alpha value is -3.41. The smallest absolute Gasteiger partial charge is 0.306 e. The largest absolute Gasteiger partial charge is 0.462 e. The van der Waals surface area contributed by atoms with Crippen LogP contribution >= 0.6 is 0 Å². The first-order chi connectivity index (χ1) is 31.0. The summed E-state index contributed by atoms with van der Waals surface area (Å²) in [4.78, 5) is 37.9. The summed E-state index contributed by atoms with van der Waals surface area (Å²) in [7, 11) is 0. The molecule has 0 aliphatic heterocycles. The molecule has 0 saturated carbocycles. The third-order valence-electron chi connectivity index (χ3n) is 10.9. The quantitative estimate of drug-likeness (QED) is 0.0262. The van der Waals surface area contributed by atoms with Crippen molar-refractivity contribution >= 4 is 17.9 Å². The van der Waals surface area contributed by atoms with Gasteiger partial charge in [-0.1, -0.05) is 221 Å². The van der Waals surface area contributed by atoms with E-state index in [2.05, 4.69) is 106 Å². The molecule has 360 valence electrons. The number of ether oxygens (including phenoxy) is 3. The Bertz CT molecular complexity index is 1240. The van der Waals surface area contributed by atoms with Gasteiger partial charge in [0.1, 0.15) is 13.2 Å². The summed E-state index contributed by atoms with van der Waals surface area (Å²) in [6.07, 6.45) is 65.9. The molecular formula is C57H96O6. The van der Waals surface area contributed by atoms with Gasteiger partial charge in [-0.2, -0.15) is 0 Å². The van der Waals surface area contributed by atoms with Crippen LogP contribution in [0.1, 0.15) is 239 Å². The Morgan fingerprint density at radius 3 is 1.02 bits per heavy atom. The number of carbonyl (C=O) groups excluding carboxylic acids is 3. The molecule has 0 aliphatic carbocycles. The highest BCUT2D eigenvalue weighted by molar-refractivity contribution is 5.71. The third kappa shape index (κ3) is 49.5. The van der Waals surface area contributed by atoms with Crippen molar-refractivity contribution < 1.29 is 28.6 Å². The molecule has 0 aromatic rings. The van der Waals surface area contributed by atoms with Crippen LogP contribution in [-0.2, 0) is 28.6 Å². The summed E-state index contributed by atoms with van der Waals surface area (Å²) < 4.78 is 16.7. The van der Waals surface area contributed by atoms with Gasteiger partial charge in [-0.3, -0.25) is 14.4 Å². The van der Waals surface area contributed by atoms with Gasteiger partial charge in [-0.05, 0) is 83.5 Å². The summed E-state index contributed by atoms with van der Waals surface area (Å²) in [5.74, 6) is -1.02. The van der Waals surface area contributed by atoms with E-state index in [1.807, 2.05) is 0 Å². The minimum absolute atomic E-state index is 0.119. The van der Waals surface area contributed by atoms with Gasteiger partial charge in [-0.25, -0.2) is 0 Å². The molecule has 0 saturated heterocycles. The highest BCUT2D eigenvalue weighted by Gasteiger charge is 2.19. The Labute approximate surface area is 388 Å². The first kappa shape index (κ1) is 59.6. The summed E-state index contributed by atoms with van der Waals surface area (Å²) in [6.45, 7) is 6.40. The minimum Gasteiger partial charge on any atom is -0.462 e. The van der Waals surface area contributed by atoms with Crippen molar-refractivity contribution in [2.75, 3.05) is 13.2 Å². The normalized spacial score (nSPS) is 12.7. The van der Waals surface area contributed by atoms with Gasteiger partial charge in [0.25, 0.3) is 0 Å². The van der Waals surface area contributed by atoms with Crippen LogP contribution in [0.5, 0.6) is 0 Å². The SMILES string of the molecule is CC/C=C\C/C=C\C/C=C\CCCC(=O)OCC(COC(=O)CCC/C=C\C/C=C\C/C=C\C/C=C\CCCCC)OC(=O)CCCCCCCCCCCCCCCCCCC. The molecule has 0 spiro atoms. The van der Waals surface area contributed by atoms with Crippen LogP contribution < -0.4 is 0 Å². The lowest BCUT2D eigenvalue weighted by Gasteiger charge is -2.18. The van der Waals surface area contributed by atoms with Crippen molar-refractivity contribution in [2.24, 2.45) is 0 Å². The second-order valence-corrected chi connectivity index (χ2v) is 17.1. The van der Waals surface area contributed by atoms with E-state index in [4.69, 9.17) is 14.2 Å². The van der Waals surface area contributed by atoms with E-state index in [1.54, 1.807) is 0 Å². The highest BCUT2D eigenvalue weighted by Crippen LogP contribution is 2.15. The zero-order valence-electron chi connectivity index (χ0n) is 41.1. The summed E-state index contributed by atoms with van der Waals surface area (Å²) >= 11 is 0. The van der Waals surface area contributed by atoms with Gasteiger partial charge in [0.2, 0.25) is 0 Å². The number of unbranched alkanes of at least 4 members (excludes halogenated alkanes) is 21. The van der Waals surface area contributed by atoms with Crippen molar-refractivity contribution in [1.29, 1.82) is 0 Å². The summed E-state index contributed by atoms with van der Waals surface area (Å²) in [5.41, 5.74) is 0. The molecule has 0 amide bonds. The maximum atomic E-state index is 12.8. The van der Waals surface area contributed by atoms with Crippen molar-refractivity contribution in [3.05, 3.63) is 85.1 Å². The van der Waals surface area contributed by atoms with Crippen LogP contribution in [0.4, 0.5) is 0 Å². The molecule has 0 N–H and O–H groups in total. The van der Waals surface area contributed by atoms with E-state index < -0.39 is 6.10 Å². The fourth-order valence-electron chi connectivity index (χ4n) is 6.99. The molecule has 1 unspecified atom stereocenters. The molecule has 0 rings (SSSR count). The predicted octanol–water partition coefficient (Wildman–Crippen LogP) is 17.2. The molecule has 0 aliphatic rings. The molecule has 1 atom stereocenters. The maximum Gasteiger partial charge on any atom is 0.306 e. The standard InChI is InChI=1S/C57H96O6/c1-4-7-10-13-16-19-22-24-26-28-30-32-35-38-41-44-47-50-56(59)62-53-54(52-61-55(58)49-46-43-40-37-34-21-18-15-12-9-6-3)63-57(60)51-48-45-42-39-36-33-31-29-27-25-23-20-17-14-11-8-5-2/h9,12,16,18-19,21,24,26,30,32,37-38,40-41,54H,4-8,10-11,13-15,17,20,22-23,25,27-29,31,33-36,39,42-53H2,1-3H3/b12-9-,19-16-,21-18-,26-24-,32-30-,40-37-,41-38-. The minimum atomic E-state index is -0.816. The van der Waals surface area contributed by atoms with Crippen molar-refractivity contribution in [3.8, 4) is 0 Å². The van der Waals surface area contributed by atoms with Crippen LogP contribution in [0.15, 0.2) is 85.1 Å². The molecule has 0 aromatic carbocycles. The molecule has 6 nitrogen and oxygen atoms in total. The molecule has 0 radical (unpaired) electrons. The number of esters is 3. The lowest BCUT2D eigenvalue weighted by Crippen LogP contribution is -2.30. The molecule has 0 heterocycles. The lowest BCUT2D eigenvalue weighted by molar-refractivity contribution is -0.167. The van der Waals surface area contributed by atoms with Gasteiger partial charge >= 0.3 is 17.9 Å². The Morgan fingerprint density at radius 1 is 0.333 bits per heavy atom. The van der Waals surface area contributed by atoms with Crippen LogP contribution in [-0.4, -0.2) is 37.2 Å². The van der Waals surface area contributed by atoms with Crippen LogP contribution in [0.2, 0.25) is 0 Å². The second-order valence-electron chi connectivity index (χ2n) is 17.1. The Kier molecular flexibility index (Phi) is 48.5. The van der Waals surface area contributed by atoms with Crippen LogP contribution in [0, 0.1) is 0 Å². The monoisotopic (exact) mass is 877 g/mol. The fraction of sp³-hybridized carbons (Fsp3) is 0.702. The van der Waals surface area contributed by atoms with E-state index >= 15 is 0 Å². The lowest BCUT2D eigenvalue weighted by atomic mass is 10.0. The molecule has 0 bridgehead atoms. The number of hydrogen-bond donors (Lipinski definition) is 0. The van der Waals surface area contributed by atoms with Crippen LogP contribution in [0.3, 0.4) is 0 Å². The van der Waals surface area contributed by atoms with Gasteiger partial charge < -0.3 is 14.2 Å². The maximum absolute atomic E-state index is 12.8. The molecule has 6 heteroatoms. The van der Waals surface area contributed by atoms with Gasteiger partial charge in [0, 0.05) is 19.3 Å². The Balaban J connectivity index is 4.47. The first-order valence-electron chi connectivity index (χ1n) is 26.1. The molecular weight excluding hydrogens is 781 g/mol. The molecule has 0 aromatic heterocycles. The van der Waals surface area contributed by atoms with E-state index in [9.17, 15) is 14.4 Å². The summed E-state index contributed by atoms with van der Waals surface area (Å²) in [6, 6.07) is 0. The van der Waals surface area contributed by atoms with E-state index in [0.29, 0.717) is 19.3 Å². The Morgan fingerprint density at radius 2 is 0.635 bits per heavy atom. The number of hydrogen-bond acceptors (Lipinski definition) is 6. The van der Waals surface area contributed by atoms with Crippen molar-refractivity contribution in [1.82, 2.24) is 0 Å². The fourth-order valence-corrected chi connectivity index (χ4v) is 6.99. The van der Waals surface area contributed by atoms with Gasteiger partial charge in [-0.15, -0.1) is 0 Å². The average Bonchev–Trinajstić information content (AvgIpc) is 3.28. The molecule has 0 fully saturated rings. The first-order valence-corrected chi connectivity index (χ1v) is 26.1.